The Bertz CT molecular complexity index is 390. The summed E-state index contributed by atoms with van der Waals surface area (Å²) in [4.78, 5) is 17.2. The van der Waals surface area contributed by atoms with E-state index in [4.69, 9.17) is 5.11 Å². The summed E-state index contributed by atoms with van der Waals surface area (Å²) in [5.41, 5.74) is 1.12. The fraction of sp³-hybridized carbons (Fsp3) is 0.625. The first-order valence-electron chi connectivity index (χ1n) is 7.53. The maximum Gasteiger partial charge on any atom is 0.305 e. The quantitative estimate of drug-likeness (QED) is 0.664. The lowest BCUT2D eigenvalue weighted by atomic mass is 10.1. The normalized spacial score (nSPS) is 10.5. The molecule has 0 bridgehead atoms. The maximum atomic E-state index is 10.8. The van der Waals surface area contributed by atoms with Gasteiger partial charge in [-0.05, 0) is 25.0 Å². The Hall–Kier alpha value is -1.58. The summed E-state index contributed by atoms with van der Waals surface area (Å²) < 4.78 is 0. The van der Waals surface area contributed by atoms with Gasteiger partial charge in [-0.2, -0.15) is 0 Å². The summed E-state index contributed by atoms with van der Waals surface area (Å²) in [6, 6.07) is 4.00. The second-order valence-electron chi connectivity index (χ2n) is 5.24. The molecule has 0 radical (unpaired) electrons. The van der Waals surface area contributed by atoms with E-state index in [1.807, 2.05) is 25.3 Å². The number of nitrogens with zero attached hydrogens (tertiary/aromatic N) is 2. The molecule has 0 amide bonds. The molecule has 0 saturated heterocycles. The molecule has 0 aromatic carbocycles. The molecule has 4 heteroatoms. The van der Waals surface area contributed by atoms with E-state index < -0.39 is 5.97 Å². The summed E-state index contributed by atoms with van der Waals surface area (Å²) in [5.74, 6) is 0.125. The largest absolute Gasteiger partial charge is 0.481 e. The molecule has 0 aliphatic heterocycles. The number of pyridine rings is 1. The van der Waals surface area contributed by atoms with Crippen molar-refractivity contribution in [3.8, 4) is 0 Å². The maximum absolute atomic E-state index is 10.8. The third-order valence-electron chi connectivity index (χ3n) is 3.35. The van der Waals surface area contributed by atoms with Crippen molar-refractivity contribution in [3.05, 3.63) is 23.9 Å². The molecule has 0 unspecified atom stereocenters. The summed E-state index contributed by atoms with van der Waals surface area (Å²) in [5, 5.41) is 8.85. The molecule has 1 aromatic rings. The molecule has 1 rings (SSSR count). The molecule has 4 nitrogen and oxygen atoms in total. The smallest absolute Gasteiger partial charge is 0.305 e. The van der Waals surface area contributed by atoms with Gasteiger partial charge in [-0.25, -0.2) is 4.98 Å². The third-order valence-corrected chi connectivity index (χ3v) is 3.35. The third kappa shape index (κ3) is 6.55. The molecule has 1 N–H and O–H groups in total. The second-order valence-corrected chi connectivity index (χ2v) is 5.24. The van der Waals surface area contributed by atoms with Crippen LogP contribution in [0.5, 0.6) is 0 Å². The number of aryl methyl sites for hydroxylation is 1. The van der Waals surface area contributed by atoms with Gasteiger partial charge >= 0.3 is 5.97 Å². The highest BCUT2D eigenvalue weighted by Crippen LogP contribution is 2.13. The molecule has 0 aliphatic rings. The average molecular weight is 278 g/mol. The topological polar surface area (TPSA) is 53.4 Å². The van der Waals surface area contributed by atoms with Crippen molar-refractivity contribution in [3.63, 3.8) is 0 Å². The van der Waals surface area contributed by atoms with Crippen molar-refractivity contribution < 1.29 is 9.90 Å². The summed E-state index contributed by atoms with van der Waals surface area (Å²) in [6.45, 7) is 5.62. The van der Waals surface area contributed by atoms with Crippen molar-refractivity contribution in [2.45, 2.75) is 52.4 Å². The minimum Gasteiger partial charge on any atom is -0.481 e. The first kappa shape index (κ1) is 16.5. The number of carboxylic acids is 1. The zero-order valence-electron chi connectivity index (χ0n) is 12.6. The zero-order chi connectivity index (χ0) is 14.8. The highest BCUT2D eigenvalue weighted by atomic mass is 16.4. The van der Waals surface area contributed by atoms with Crippen LogP contribution in [0, 0.1) is 6.92 Å². The molecule has 20 heavy (non-hydrogen) atoms. The monoisotopic (exact) mass is 278 g/mol. The van der Waals surface area contributed by atoms with Gasteiger partial charge in [0.05, 0.1) is 6.42 Å². The number of hydrogen-bond donors (Lipinski definition) is 1. The molecule has 0 fully saturated rings. The fourth-order valence-corrected chi connectivity index (χ4v) is 2.12. The predicted octanol–water partition coefficient (Wildman–Crippen LogP) is 3.64. The first-order valence-corrected chi connectivity index (χ1v) is 7.53. The Labute approximate surface area is 121 Å². The Balaban J connectivity index is 2.51. The van der Waals surface area contributed by atoms with Crippen LogP contribution in [0.25, 0.3) is 0 Å². The van der Waals surface area contributed by atoms with Crippen molar-refractivity contribution in [2.75, 3.05) is 18.0 Å². The van der Waals surface area contributed by atoms with Crippen molar-refractivity contribution in [1.82, 2.24) is 4.98 Å². The Morgan fingerprint density at radius 3 is 2.55 bits per heavy atom. The van der Waals surface area contributed by atoms with Crippen LogP contribution in [0.15, 0.2) is 18.3 Å². The average Bonchev–Trinajstić information content (AvgIpc) is 2.43. The van der Waals surface area contributed by atoms with Crippen LogP contribution in [-0.4, -0.2) is 29.1 Å². The number of unbranched alkanes of at least 4 members (excludes halogenated alkanes) is 4. The highest BCUT2D eigenvalue weighted by Gasteiger charge is 2.09. The van der Waals surface area contributed by atoms with Crippen molar-refractivity contribution in [1.29, 1.82) is 0 Å². The van der Waals surface area contributed by atoms with Crippen LogP contribution in [-0.2, 0) is 4.79 Å². The Morgan fingerprint density at radius 2 is 1.95 bits per heavy atom. The van der Waals surface area contributed by atoms with Gasteiger partial charge in [0, 0.05) is 19.3 Å². The molecule has 1 heterocycles. The minimum absolute atomic E-state index is 0.157. The van der Waals surface area contributed by atoms with E-state index in [0.29, 0.717) is 6.54 Å². The van der Waals surface area contributed by atoms with Crippen LogP contribution in [0.3, 0.4) is 0 Å². The van der Waals surface area contributed by atoms with E-state index in [9.17, 15) is 4.79 Å². The summed E-state index contributed by atoms with van der Waals surface area (Å²) >= 11 is 0. The van der Waals surface area contributed by atoms with Crippen molar-refractivity contribution >= 4 is 11.8 Å². The standard InChI is InChI=1S/C16H26N2O2/c1-3-4-5-6-7-11-18(12-10-16(19)20)15-9-8-14(2)13-17-15/h8-9,13H,3-7,10-12H2,1-2H3,(H,19,20). The number of anilines is 1. The van der Waals surface area contributed by atoms with Crippen LogP contribution in [0.2, 0.25) is 0 Å². The van der Waals surface area contributed by atoms with E-state index in [-0.39, 0.29) is 6.42 Å². The lowest BCUT2D eigenvalue weighted by Gasteiger charge is -2.23. The van der Waals surface area contributed by atoms with Gasteiger partial charge in [-0.1, -0.05) is 38.7 Å². The number of rotatable bonds is 10. The molecular weight excluding hydrogens is 252 g/mol. The Kier molecular flexibility index (Phi) is 7.70. The van der Waals surface area contributed by atoms with Crippen LogP contribution < -0.4 is 4.90 Å². The minimum atomic E-state index is -0.756. The Morgan fingerprint density at radius 1 is 1.20 bits per heavy atom. The van der Waals surface area contributed by atoms with E-state index >= 15 is 0 Å². The summed E-state index contributed by atoms with van der Waals surface area (Å²) in [7, 11) is 0. The number of hydrogen-bond acceptors (Lipinski definition) is 3. The SMILES string of the molecule is CCCCCCCN(CCC(=O)O)c1ccc(C)cn1. The fourth-order valence-electron chi connectivity index (χ4n) is 2.12. The van der Waals surface area contributed by atoms with Gasteiger partial charge in [0.1, 0.15) is 5.82 Å². The van der Waals surface area contributed by atoms with Gasteiger partial charge in [-0.15, -0.1) is 0 Å². The molecule has 0 atom stereocenters. The number of carbonyl (C=O) groups is 1. The van der Waals surface area contributed by atoms with E-state index in [1.165, 1.54) is 25.7 Å². The van der Waals surface area contributed by atoms with Gasteiger partial charge in [0.25, 0.3) is 0 Å². The van der Waals surface area contributed by atoms with E-state index in [0.717, 1.165) is 24.3 Å². The molecule has 0 spiro atoms. The van der Waals surface area contributed by atoms with Gasteiger partial charge in [0.2, 0.25) is 0 Å². The van der Waals surface area contributed by atoms with E-state index in [2.05, 4.69) is 16.8 Å². The molecule has 112 valence electrons. The number of carboxylic acid groups (broad SMARTS) is 1. The lowest BCUT2D eigenvalue weighted by molar-refractivity contribution is -0.136. The van der Waals surface area contributed by atoms with Crippen LogP contribution in [0.1, 0.15) is 51.0 Å². The second kappa shape index (κ2) is 9.34. The van der Waals surface area contributed by atoms with Crippen molar-refractivity contribution in [2.24, 2.45) is 0 Å². The lowest BCUT2D eigenvalue weighted by Crippen LogP contribution is -2.28. The first-order chi connectivity index (χ1) is 9.63. The molecule has 0 aliphatic carbocycles. The molecule has 1 aromatic heterocycles. The number of aromatic nitrogens is 1. The van der Waals surface area contributed by atoms with Gasteiger partial charge in [0.15, 0.2) is 0 Å². The van der Waals surface area contributed by atoms with Crippen LogP contribution >= 0.6 is 0 Å². The van der Waals surface area contributed by atoms with Gasteiger partial charge < -0.3 is 10.0 Å². The molecule has 0 saturated carbocycles. The van der Waals surface area contributed by atoms with Gasteiger partial charge in [-0.3, -0.25) is 4.79 Å². The van der Waals surface area contributed by atoms with Crippen LogP contribution in [0.4, 0.5) is 5.82 Å². The highest BCUT2D eigenvalue weighted by molar-refractivity contribution is 5.67. The number of aliphatic carboxylic acids is 1. The molecular formula is C16H26N2O2. The predicted molar refractivity (Wildman–Crippen MR) is 82.2 cm³/mol. The zero-order valence-corrected chi connectivity index (χ0v) is 12.6. The summed E-state index contributed by atoms with van der Waals surface area (Å²) in [6.07, 6.45) is 8.05. The van der Waals surface area contributed by atoms with E-state index in [1.54, 1.807) is 0 Å².